The molecular formula is C18H19Cl2NO. The summed E-state index contributed by atoms with van der Waals surface area (Å²) < 4.78 is 0. The van der Waals surface area contributed by atoms with Gasteiger partial charge in [-0.25, -0.2) is 4.99 Å². The molecule has 0 heterocycles. The molecule has 22 heavy (non-hydrogen) atoms. The van der Waals surface area contributed by atoms with E-state index in [2.05, 4.69) is 4.99 Å². The predicted octanol–water partition coefficient (Wildman–Crippen LogP) is 5.81. The Balaban J connectivity index is 2.49. The zero-order chi connectivity index (χ0) is 16.4. The maximum atomic E-state index is 12.5. The Hall–Kier alpha value is -1.38. The van der Waals surface area contributed by atoms with Gasteiger partial charge in [-0.1, -0.05) is 50.9 Å². The second kappa shape index (κ2) is 6.80. The Bertz CT molecular complexity index is 667. The van der Waals surface area contributed by atoms with Gasteiger partial charge in [0, 0.05) is 11.1 Å². The molecule has 0 aliphatic heterocycles. The lowest BCUT2D eigenvalue weighted by molar-refractivity contribution is -0.113. The van der Waals surface area contributed by atoms with Gasteiger partial charge in [0.25, 0.3) is 0 Å². The third-order valence-electron chi connectivity index (χ3n) is 3.54. The van der Waals surface area contributed by atoms with Gasteiger partial charge in [0.1, 0.15) is 0 Å². The number of aliphatic imine (C=N–C) groups is 1. The molecular weight excluding hydrogens is 317 g/mol. The van der Waals surface area contributed by atoms with Crippen molar-refractivity contribution in [1.29, 1.82) is 0 Å². The van der Waals surface area contributed by atoms with Crippen LogP contribution in [0.15, 0.2) is 46.5 Å². The van der Waals surface area contributed by atoms with Gasteiger partial charge >= 0.3 is 0 Å². The molecule has 4 heteroatoms. The standard InChI is InChI=1S/C18H19Cl2NO/c1-10(2)14-7-13(8-15(11(3)4)18(14)22)21-12-5-6-16(19)17(20)9-12/h5-11H,1-4H3. The molecule has 0 saturated carbocycles. The van der Waals surface area contributed by atoms with Gasteiger partial charge in [0.15, 0.2) is 5.78 Å². The largest absolute Gasteiger partial charge is 0.289 e. The summed E-state index contributed by atoms with van der Waals surface area (Å²) >= 11 is 11.9. The van der Waals surface area contributed by atoms with Crippen molar-refractivity contribution in [1.82, 2.24) is 0 Å². The Morgan fingerprint density at radius 1 is 0.909 bits per heavy atom. The van der Waals surface area contributed by atoms with Crippen LogP contribution in [-0.2, 0) is 4.79 Å². The third-order valence-corrected chi connectivity index (χ3v) is 4.28. The molecule has 0 spiro atoms. The topological polar surface area (TPSA) is 29.4 Å². The Morgan fingerprint density at radius 3 is 1.91 bits per heavy atom. The van der Waals surface area contributed by atoms with Crippen molar-refractivity contribution in [3.63, 3.8) is 0 Å². The second-order valence-corrected chi connectivity index (χ2v) is 6.79. The fourth-order valence-corrected chi connectivity index (χ4v) is 2.58. The molecule has 116 valence electrons. The average molecular weight is 336 g/mol. The smallest absolute Gasteiger partial charge is 0.185 e. The van der Waals surface area contributed by atoms with Crippen molar-refractivity contribution in [3.05, 3.63) is 51.5 Å². The van der Waals surface area contributed by atoms with Crippen LogP contribution in [-0.4, -0.2) is 11.5 Å². The number of ketones is 1. The number of nitrogens with zero attached hydrogens (tertiary/aromatic N) is 1. The molecule has 1 aromatic carbocycles. The van der Waals surface area contributed by atoms with Crippen molar-refractivity contribution < 1.29 is 4.79 Å². The van der Waals surface area contributed by atoms with E-state index in [1.807, 2.05) is 45.9 Å². The second-order valence-electron chi connectivity index (χ2n) is 5.97. The van der Waals surface area contributed by atoms with Crippen LogP contribution in [0.1, 0.15) is 27.7 Å². The first-order valence-electron chi connectivity index (χ1n) is 7.31. The quantitative estimate of drug-likeness (QED) is 0.640. The maximum Gasteiger partial charge on any atom is 0.185 e. The highest BCUT2D eigenvalue weighted by Crippen LogP contribution is 2.29. The van der Waals surface area contributed by atoms with Crippen molar-refractivity contribution >= 4 is 40.4 Å². The molecule has 0 saturated heterocycles. The van der Waals surface area contributed by atoms with Crippen LogP contribution in [0.5, 0.6) is 0 Å². The van der Waals surface area contributed by atoms with E-state index in [-0.39, 0.29) is 17.6 Å². The molecule has 0 bridgehead atoms. The normalized spacial score (nSPS) is 15.3. The molecule has 0 aromatic heterocycles. The number of carbonyl (C=O) groups is 1. The first kappa shape index (κ1) is 17.0. The van der Waals surface area contributed by atoms with Crippen LogP contribution >= 0.6 is 23.2 Å². The molecule has 0 fully saturated rings. The zero-order valence-corrected chi connectivity index (χ0v) is 14.7. The van der Waals surface area contributed by atoms with Gasteiger partial charge < -0.3 is 0 Å². The van der Waals surface area contributed by atoms with Crippen LogP contribution in [0, 0.1) is 11.8 Å². The maximum absolute atomic E-state index is 12.5. The van der Waals surface area contributed by atoms with Gasteiger partial charge in [0.2, 0.25) is 0 Å². The Labute approximate surface area is 141 Å². The minimum atomic E-state index is 0.123. The molecule has 2 rings (SSSR count). The molecule has 0 unspecified atom stereocenters. The van der Waals surface area contributed by atoms with E-state index >= 15 is 0 Å². The van der Waals surface area contributed by atoms with E-state index in [9.17, 15) is 4.79 Å². The SMILES string of the molecule is CC(C)C1=CC(=Nc2ccc(Cl)c(Cl)c2)C=C(C(C)C)C1=O. The van der Waals surface area contributed by atoms with E-state index in [1.54, 1.807) is 12.1 Å². The van der Waals surface area contributed by atoms with Crippen LogP contribution in [0.25, 0.3) is 0 Å². The zero-order valence-electron chi connectivity index (χ0n) is 13.2. The summed E-state index contributed by atoms with van der Waals surface area (Å²) in [4.78, 5) is 17.1. The van der Waals surface area contributed by atoms with Crippen molar-refractivity contribution in [3.8, 4) is 0 Å². The van der Waals surface area contributed by atoms with Crippen LogP contribution in [0.4, 0.5) is 5.69 Å². The van der Waals surface area contributed by atoms with E-state index < -0.39 is 0 Å². The summed E-state index contributed by atoms with van der Waals surface area (Å²) in [5.41, 5.74) is 3.08. The van der Waals surface area contributed by atoms with Gasteiger partial charge in [-0.05, 0) is 42.2 Å². The molecule has 2 nitrogen and oxygen atoms in total. The van der Waals surface area contributed by atoms with Gasteiger partial charge in [-0.2, -0.15) is 0 Å². The number of allylic oxidation sites excluding steroid dienone is 4. The molecule has 1 aliphatic carbocycles. The Kier molecular flexibility index (Phi) is 5.25. The first-order chi connectivity index (χ1) is 10.3. The Morgan fingerprint density at radius 2 is 1.45 bits per heavy atom. The predicted molar refractivity (Wildman–Crippen MR) is 94.4 cm³/mol. The number of halogens is 2. The minimum absolute atomic E-state index is 0.123. The third kappa shape index (κ3) is 3.68. The highest BCUT2D eigenvalue weighted by Gasteiger charge is 2.24. The lowest BCUT2D eigenvalue weighted by atomic mass is 9.84. The molecule has 0 amide bonds. The van der Waals surface area contributed by atoms with E-state index in [1.165, 1.54) is 0 Å². The van der Waals surface area contributed by atoms with Crippen LogP contribution in [0.2, 0.25) is 10.0 Å². The minimum Gasteiger partial charge on any atom is -0.289 e. The molecule has 0 radical (unpaired) electrons. The molecule has 0 N–H and O–H groups in total. The van der Waals surface area contributed by atoms with Crippen molar-refractivity contribution in [2.45, 2.75) is 27.7 Å². The summed E-state index contributed by atoms with van der Waals surface area (Å²) in [6.45, 7) is 8.07. The summed E-state index contributed by atoms with van der Waals surface area (Å²) in [6.07, 6.45) is 3.72. The summed E-state index contributed by atoms with van der Waals surface area (Å²) in [6, 6.07) is 5.25. The molecule has 0 atom stereocenters. The highest BCUT2D eigenvalue weighted by molar-refractivity contribution is 6.42. The van der Waals surface area contributed by atoms with E-state index in [0.717, 1.165) is 22.5 Å². The molecule has 1 aromatic rings. The monoisotopic (exact) mass is 335 g/mol. The number of Topliss-reactive ketones (excluding diaryl/α,β-unsaturated/α-hetero) is 1. The number of carbonyl (C=O) groups excluding carboxylic acids is 1. The van der Waals surface area contributed by atoms with Crippen LogP contribution < -0.4 is 0 Å². The fourth-order valence-electron chi connectivity index (χ4n) is 2.28. The van der Waals surface area contributed by atoms with Crippen LogP contribution in [0.3, 0.4) is 0 Å². The van der Waals surface area contributed by atoms with Gasteiger partial charge in [0.05, 0.1) is 21.4 Å². The number of benzene rings is 1. The number of rotatable bonds is 3. The van der Waals surface area contributed by atoms with Gasteiger partial charge in [-0.15, -0.1) is 0 Å². The first-order valence-corrected chi connectivity index (χ1v) is 8.06. The van der Waals surface area contributed by atoms with Gasteiger partial charge in [-0.3, -0.25) is 4.79 Å². The van der Waals surface area contributed by atoms with E-state index in [4.69, 9.17) is 23.2 Å². The summed E-state index contributed by atoms with van der Waals surface area (Å²) in [5, 5.41) is 0.970. The van der Waals surface area contributed by atoms with Crippen molar-refractivity contribution in [2.75, 3.05) is 0 Å². The number of hydrogen-bond donors (Lipinski definition) is 0. The molecule has 1 aliphatic rings. The van der Waals surface area contributed by atoms with Crippen molar-refractivity contribution in [2.24, 2.45) is 16.8 Å². The fraction of sp³-hybridized carbons (Fsp3) is 0.333. The summed E-state index contributed by atoms with van der Waals surface area (Å²) in [7, 11) is 0. The highest BCUT2D eigenvalue weighted by atomic mass is 35.5. The lowest BCUT2D eigenvalue weighted by Crippen LogP contribution is -2.20. The van der Waals surface area contributed by atoms with E-state index in [0.29, 0.717) is 10.0 Å². The number of hydrogen-bond acceptors (Lipinski definition) is 2. The summed E-state index contributed by atoms with van der Waals surface area (Å²) in [5.74, 6) is 0.445. The lowest BCUT2D eigenvalue weighted by Gasteiger charge is -2.20. The average Bonchev–Trinajstić information content (AvgIpc) is 2.44.